The number of aliphatic imine (C=N–C) groups is 1. The summed E-state index contributed by atoms with van der Waals surface area (Å²) in [7, 11) is 6.01. The number of nitrogens with zero attached hydrogens (tertiary/aromatic N) is 3. The van der Waals surface area contributed by atoms with Crippen LogP contribution < -0.4 is 10.2 Å². The van der Waals surface area contributed by atoms with Gasteiger partial charge in [0.25, 0.3) is 0 Å². The number of rotatable bonds is 3. The molecule has 1 heterocycles. The molecule has 0 aliphatic carbocycles. The van der Waals surface area contributed by atoms with Crippen molar-refractivity contribution in [1.29, 1.82) is 0 Å². The third-order valence-corrected chi connectivity index (χ3v) is 5.11. The first-order chi connectivity index (χ1) is 10.4. The van der Waals surface area contributed by atoms with Crippen molar-refractivity contribution in [2.75, 3.05) is 44.9 Å². The second-order valence-electron chi connectivity index (χ2n) is 6.49. The van der Waals surface area contributed by atoms with E-state index < -0.39 is 0 Å². The molecule has 0 aromatic heterocycles. The van der Waals surface area contributed by atoms with Gasteiger partial charge >= 0.3 is 0 Å². The molecule has 1 aliphatic rings. The monoisotopic (exact) mass is 320 g/mol. The summed E-state index contributed by atoms with van der Waals surface area (Å²) in [5.41, 5.74) is 2.50. The first-order valence-corrected chi connectivity index (χ1v) is 8.76. The molecule has 0 unspecified atom stereocenters. The number of guanidine groups is 1. The van der Waals surface area contributed by atoms with E-state index >= 15 is 0 Å². The maximum absolute atomic E-state index is 4.46. The summed E-state index contributed by atoms with van der Waals surface area (Å²) in [6, 6.07) is 8.61. The van der Waals surface area contributed by atoms with Gasteiger partial charge in [-0.3, -0.25) is 4.99 Å². The molecule has 1 aliphatic heterocycles. The third-order valence-electron chi connectivity index (χ3n) is 3.81. The molecule has 5 heteroatoms. The van der Waals surface area contributed by atoms with Gasteiger partial charge in [-0.05, 0) is 31.5 Å². The van der Waals surface area contributed by atoms with Gasteiger partial charge in [0.05, 0.1) is 0 Å². The first kappa shape index (κ1) is 17.0. The van der Waals surface area contributed by atoms with E-state index in [0.717, 1.165) is 31.3 Å². The largest absolute Gasteiger partial charge is 0.378 e. The molecule has 0 atom stereocenters. The Bertz CT molecular complexity index is 525. The van der Waals surface area contributed by atoms with Gasteiger partial charge in [0.15, 0.2) is 5.96 Å². The van der Waals surface area contributed by atoms with Crippen LogP contribution >= 0.6 is 11.8 Å². The van der Waals surface area contributed by atoms with E-state index in [9.17, 15) is 0 Å². The maximum Gasteiger partial charge on any atom is 0.193 e. The predicted molar refractivity (Wildman–Crippen MR) is 99.1 cm³/mol. The second-order valence-corrected chi connectivity index (χ2v) is 8.30. The van der Waals surface area contributed by atoms with Gasteiger partial charge in [-0.25, -0.2) is 0 Å². The highest BCUT2D eigenvalue weighted by atomic mass is 32.2. The van der Waals surface area contributed by atoms with E-state index in [0.29, 0.717) is 4.75 Å². The smallest absolute Gasteiger partial charge is 0.193 e. The molecule has 0 amide bonds. The van der Waals surface area contributed by atoms with E-state index in [1.807, 2.05) is 18.8 Å². The molecule has 0 radical (unpaired) electrons. The second kappa shape index (κ2) is 7.27. The minimum atomic E-state index is 0.292. The van der Waals surface area contributed by atoms with Crippen LogP contribution in [0.1, 0.15) is 19.4 Å². The maximum atomic E-state index is 4.46. The van der Waals surface area contributed by atoms with Gasteiger partial charge in [-0.2, -0.15) is 11.8 Å². The molecule has 122 valence electrons. The number of benzene rings is 1. The van der Waals surface area contributed by atoms with Crippen LogP contribution in [0, 0.1) is 0 Å². The van der Waals surface area contributed by atoms with Crippen LogP contribution in [-0.2, 0) is 6.54 Å². The topological polar surface area (TPSA) is 30.9 Å². The van der Waals surface area contributed by atoms with Crippen molar-refractivity contribution in [2.24, 2.45) is 4.99 Å². The summed E-state index contributed by atoms with van der Waals surface area (Å²) in [5, 5.41) is 3.51. The Hall–Kier alpha value is -1.36. The Morgan fingerprint density at radius 3 is 2.82 bits per heavy atom. The van der Waals surface area contributed by atoms with Crippen LogP contribution in [-0.4, -0.2) is 55.6 Å². The summed E-state index contributed by atoms with van der Waals surface area (Å²) in [6.07, 6.45) is 0. The molecule has 22 heavy (non-hydrogen) atoms. The molecule has 1 fully saturated rings. The Morgan fingerprint density at radius 1 is 1.41 bits per heavy atom. The Balaban J connectivity index is 1.98. The lowest BCUT2D eigenvalue weighted by molar-refractivity contribution is 0.376. The van der Waals surface area contributed by atoms with Crippen LogP contribution in [0.2, 0.25) is 0 Å². The average Bonchev–Trinajstić information content (AvgIpc) is 2.47. The van der Waals surface area contributed by atoms with Gasteiger partial charge in [-0.15, -0.1) is 0 Å². The quantitative estimate of drug-likeness (QED) is 0.685. The summed E-state index contributed by atoms with van der Waals surface area (Å²) in [6.45, 7) is 7.51. The normalized spacial score (nSPS) is 18.2. The van der Waals surface area contributed by atoms with Crippen LogP contribution in [0.3, 0.4) is 0 Å². The number of hydrogen-bond donors (Lipinski definition) is 1. The van der Waals surface area contributed by atoms with Gasteiger partial charge < -0.3 is 15.1 Å². The Labute approximate surface area is 139 Å². The Morgan fingerprint density at radius 2 is 2.18 bits per heavy atom. The molecule has 0 saturated carbocycles. The van der Waals surface area contributed by atoms with E-state index in [4.69, 9.17) is 0 Å². The van der Waals surface area contributed by atoms with Gasteiger partial charge in [0.2, 0.25) is 0 Å². The van der Waals surface area contributed by atoms with E-state index in [2.05, 4.69) is 72.3 Å². The summed E-state index contributed by atoms with van der Waals surface area (Å²) in [4.78, 5) is 8.96. The highest BCUT2D eigenvalue weighted by Gasteiger charge is 2.28. The van der Waals surface area contributed by atoms with Crippen LogP contribution in [0.15, 0.2) is 29.3 Å². The number of hydrogen-bond acceptors (Lipinski definition) is 3. The molecule has 2 rings (SSSR count). The fraction of sp³-hybridized carbons (Fsp3) is 0.588. The summed E-state index contributed by atoms with van der Waals surface area (Å²) < 4.78 is 0.292. The van der Waals surface area contributed by atoms with Crippen molar-refractivity contribution in [2.45, 2.75) is 25.1 Å². The molecule has 1 aromatic rings. The zero-order valence-corrected chi connectivity index (χ0v) is 15.2. The van der Waals surface area contributed by atoms with Crippen molar-refractivity contribution in [1.82, 2.24) is 10.2 Å². The minimum absolute atomic E-state index is 0.292. The molecule has 0 bridgehead atoms. The zero-order valence-electron chi connectivity index (χ0n) is 14.4. The molecule has 1 aromatic carbocycles. The van der Waals surface area contributed by atoms with Crippen molar-refractivity contribution in [3.05, 3.63) is 29.8 Å². The van der Waals surface area contributed by atoms with E-state index in [1.54, 1.807) is 0 Å². The minimum Gasteiger partial charge on any atom is -0.378 e. The standard InChI is InChI=1S/C17H28N4S/c1-17(2)13-21(9-10-22-17)16(18-3)19-12-14-7-6-8-15(11-14)20(4)5/h6-8,11H,9-10,12-13H2,1-5H3,(H,18,19). The Kier molecular flexibility index (Phi) is 5.62. The lowest BCUT2D eigenvalue weighted by Crippen LogP contribution is -2.50. The van der Waals surface area contributed by atoms with Gasteiger partial charge in [0, 0.05) is 57.0 Å². The number of thioether (sulfide) groups is 1. The molecule has 0 spiro atoms. The lowest BCUT2D eigenvalue weighted by Gasteiger charge is -2.39. The van der Waals surface area contributed by atoms with Crippen molar-refractivity contribution in [3.8, 4) is 0 Å². The highest BCUT2D eigenvalue weighted by Crippen LogP contribution is 2.29. The summed E-state index contributed by atoms with van der Waals surface area (Å²) >= 11 is 2.04. The third kappa shape index (κ3) is 4.57. The van der Waals surface area contributed by atoms with Crippen molar-refractivity contribution < 1.29 is 0 Å². The fourth-order valence-electron chi connectivity index (χ4n) is 2.66. The predicted octanol–water partition coefficient (Wildman–Crippen LogP) is 2.66. The molecular weight excluding hydrogens is 292 g/mol. The van der Waals surface area contributed by atoms with Gasteiger partial charge in [-0.1, -0.05) is 12.1 Å². The fourth-order valence-corrected chi connectivity index (χ4v) is 3.77. The van der Waals surface area contributed by atoms with E-state index in [-0.39, 0.29) is 0 Å². The summed E-state index contributed by atoms with van der Waals surface area (Å²) in [5.74, 6) is 2.16. The van der Waals surface area contributed by atoms with Crippen LogP contribution in [0.25, 0.3) is 0 Å². The van der Waals surface area contributed by atoms with Crippen molar-refractivity contribution in [3.63, 3.8) is 0 Å². The van der Waals surface area contributed by atoms with Crippen molar-refractivity contribution >= 4 is 23.4 Å². The first-order valence-electron chi connectivity index (χ1n) is 7.77. The van der Waals surface area contributed by atoms with Crippen LogP contribution in [0.5, 0.6) is 0 Å². The molecule has 4 nitrogen and oxygen atoms in total. The molecule has 1 N–H and O–H groups in total. The highest BCUT2D eigenvalue weighted by molar-refractivity contribution is 8.00. The van der Waals surface area contributed by atoms with Gasteiger partial charge in [0.1, 0.15) is 0 Å². The number of nitrogens with one attached hydrogen (secondary N) is 1. The zero-order chi connectivity index (χ0) is 16.2. The molecular formula is C17H28N4S. The lowest BCUT2D eigenvalue weighted by atomic mass is 10.2. The number of anilines is 1. The molecule has 1 saturated heterocycles. The SMILES string of the molecule is CN=C(NCc1cccc(N(C)C)c1)N1CCSC(C)(C)C1. The van der Waals surface area contributed by atoms with Crippen LogP contribution in [0.4, 0.5) is 5.69 Å². The average molecular weight is 321 g/mol. The van der Waals surface area contributed by atoms with E-state index in [1.165, 1.54) is 11.3 Å².